The molecule has 8 aliphatic rings. The molecule has 0 aromatic carbocycles. The Morgan fingerprint density at radius 1 is 0.667 bits per heavy atom. The van der Waals surface area contributed by atoms with Gasteiger partial charge in [-0.25, -0.2) is 0 Å². The van der Waals surface area contributed by atoms with Gasteiger partial charge in [0.05, 0.1) is 6.42 Å². The monoisotopic (exact) mass is 328 g/mol. The lowest BCUT2D eigenvalue weighted by Crippen LogP contribution is -2.53. The molecular formula is C22H32O2. The van der Waals surface area contributed by atoms with Crippen LogP contribution in [-0.2, 0) is 9.53 Å². The quantitative estimate of drug-likeness (QED) is 0.673. The summed E-state index contributed by atoms with van der Waals surface area (Å²) in [5, 5.41) is 0. The summed E-state index contributed by atoms with van der Waals surface area (Å²) in [7, 11) is 0. The van der Waals surface area contributed by atoms with Crippen molar-refractivity contribution < 1.29 is 9.53 Å². The normalized spacial score (nSPS) is 56.7. The molecule has 0 aromatic heterocycles. The van der Waals surface area contributed by atoms with Gasteiger partial charge in [-0.2, -0.15) is 0 Å². The molecule has 0 radical (unpaired) electrons. The maximum atomic E-state index is 13.0. The third-order valence-corrected chi connectivity index (χ3v) is 9.00. The van der Waals surface area contributed by atoms with E-state index in [0.717, 1.165) is 41.9 Å². The lowest BCUT2D eigenvalue weighted by Gasteiger charge is -2.57. The van der Waals surface area contributed by atoms with Crippen LogP contribution in [0.3, 0.4) is 0 Å². The van der Waals surface area contributed by atoms with Gasteiger partial charge in [-0.3, -0.25) is 4.79 Å². The zero-order valence-corrected chi connectivity index (χ0v) is 15.0. The number of hydrogen-bond acceptors (Lipinski definition) is 2. The van der Waals surface area contributed by atoms with Crippen molar-refractivity contribution in [1.29, 1.82) is 0 Å². The number of carbonyl (C=O) groups excluding carboxylic acids is 1. The Bertz CT molecular complexity index is 444. The van der Waals surface area contributed by atoms with Crippen molar-refractivity contribution in [2.45, 2.75) is 89.1 Å². The standard InChI is InChI=1S/C22H32O2/c23-20(13-21-7-14-1-15(8-21)3-16(2-14)9-21)24-22-10-17-4-18(11-22)6-19(5-17)12-22/h14-19H,1-13H2. The SMILES string of the molecule is O=C(CC12CC3CC(CC(C3)C1)C2)OC12CC3CC(CC(C3)C1)C2. The van der Waals surface area contributed by atoms with Crippen molar-refractivity contribution in [3.63, 3.8) is 0 Å². The molecule has 0 unspecified atom stereocenters. The van der Waals surface area contributed by atoms with Crippen molar-refractivity contribution in [1.82, 2.24) is 0 Å². The summed E-state index contributed by atoms with van der Waals surface area (Å²) in [5.74, 6) is 5.57. The van der Waals surface area contributed by atoms with E-state index in [9.17, 15) is 4.79 Å². The number of ether oxygens (including phenoxy) is 1. The van der Waals surface area contributed by atoms with Crippen LogP contribution in [0.1, 0.15) is 83.5 Å². The van der Waals surface area contributed by atoms with Crippen LogP contribution >= 0.6 is 0 Å². The van der Waals surface area contributed by atoms with Crippen molar-refractivity contribution >= 4 is 5.97 Å². The van der Waals surface area contributed by atoms with E-state index in [1.165, 1.54) is 77.0 Å². The average Bonchev–Trinajstić information content (AvgIpc) is 2.42. The molecule has 0 saturated heterocycles. The highest BCUT2D eigenvalue weighted by molar-refractivity contribution is 5.71. The number of esters is 1. The van der Waals surface area contributed by atoms with Gasteiger partial charge in [-0.1, -0.05) is 0 Å². The zero-order valence-electron chi connectivity index (χ0n) is 15.0. The van der Waals surface area contributed by atoms with Crippen molar-refractivity contribution in [2.24, 2.45) is 40.9 Å². The van der Waals surface area contributed by atoms with E-state index < -0.39 is 0 Å². The number of hydrogen-bond donors (Lipinski definition) is 0. The van der Waals surface area contributed by atoms with Gasteiger partial charge in [0.2, 0.25) is 0 Å². The molecule has 0 aromatic rings. The molecule has 132 valence electrons. The molecule has 0 aliphatic heterocycles. The topological polar surface area (TPSA) is 26.3 Å². The van der Waals surface area contributed by atoms with Crippen LogP contribution in [0.4, 0.5) is 0 Å². The van der Waals surface area contributed by atoms with Gasteiger partial charge >= 0.3 is 5.97 Å². The van der Waals surface area contributed by atoms with Crippen LogP contribution in [0.5, 0.6) is 0 Å². The predicted molar refractivity (Wildman–Crippen MR) is 92.2 cm³/mol. The summed E-state index contributed by atoms with van der Waals surface area (Å²) in [6.07, 6.45) is 16.9. The smallest absolute Gasteiger partial charge is 0.306 e. The maximum absolute atomic E-state index is 13.0. The van der Waals surface area contributed by atoms with E-state index in [0.29, 0.717) is 5.41 Å². The minimum Gasteiger partial charge on any atom is -0.459 e. The second kappa shape index (κ2) is 4.80. The second-order valence-electron chi connectivity index (χ2n) is 11.2. The van der Waals surface area contributed by atoms with Gasteiger partial charge in [0.1, 0.15) is 5.60 Å². The third-order valence-electron chi connectivity index (χ3n) is 9.00. The third kappa shape index (κ3) is 2.23. The van der Waals surface area contributed by atoms with Gasteiger partial charge < -0.3 is 4.74 Å². The summed E-state index contributed by atoms with van der Waals surface area (Å²) in [5.41, 5.74) is 0.308. The second-order valence-corrected chi connectivity index (χ2v) is 11.2. The minimum atomic E-state index is -0.0336. The fourth-order valence-corrected chi connectivity index (χ4v) is 9.25. The van der Waals surface area contributed by atoms with Gasteiger partial charge in [-0.15, -0.1) is 0 Å². The van der Waals surface area contributed by atoms with E-state index in [1.807, 2.05) is 0 Å². The van der Waals surface area contributed by atoms with Crippen molar-refractivity contribution in [3.05, 3.63) is 0 Å². The zero-order chi connectivity index (χ0) is 15.9. The first-order chi connectivity index (χ1) is 11.6. The molecule has 0 N–H and O–H groups in total. The van der Waals surface area contributed by atoms with Crippen LogP contribution < -0.4 is 0 Å². The Hall–Kier alpha value is -0.530. The Morgan fingerprint density at radius 3 is 1.46 bits per heavy atom. The molecule has 0 heterocycles. The highest BCUT2D eigenvalue weighted by Crippen LogP contribution is 2.62. The van der Waals surface area contributed by atoms with Crippen LogP contribution in [0.2, 0.25) is 0 Å². The minimum absolute atomic E-state index is 0.0336. The Kier molecular flexibility index (Phi) is 2.92. The van der Waals surface area contributed by atoms with E-state index in [4.69, 9.17) is 4.74 Å². The van der Waals surface area contributed by atoms with Gasteiger partial charge in [-0.05, 0) is 118 Å². The van der Waals surface area contributed by atoms with Crippen LogP contribution in [0.25, 0.3) is 0 Å². The molecular weight excluding hydrogens is 296 g/mol. The van der Waals surface area contributed by atoms with E-state index in [2.05, 4.69) is 0 Å². The molecule has 8 aliphatic carbocycles. The van der Waals surface area contributed by atoms with Gasteiger partial charge in [0, 0.05) is 0 Å². The molecule has 0 amide bonds. The Morgan fingerprint density at radius 2 is 1.04 bits per heavy atom. The summed E-state index contributed by atoms with van der Waals surface area (Å²) in [6, 6.07) is 0. The molecule has 0 atom stereocenters. The van der Waals surface area contributed by atoms with Gasteiger partial charge in [0.15, 0.2) is 0 Å². The molecule has 2 heteroatoms. The highest BCUT2D eigenvalue weighted by atomic mass is 16.6. The molecule has 2 nitrogen and oxygen atoms in total. The maximum Gasteiger partial charge on any atom is 0.306 e. The Balaban J connectivity index is 1.17. The lowest BCUT2D eigenvalue weighted by molar-refractivity contribution is -0.192. The van der Waals surface area contributed by atoms with Crippen LogP contribution in [-0.4, -0.2) is 11.6 Å². The first kappa shape index (κ1) is 14.6. The highest BCUT2D eigenvalue weighted by Gasteiger charge is 2.55. The summed E-state index contributed by atoms with van der Waals surface area (Å²) in [4.78, 5) is 13.0. The largest absolute Gasteiger partial charge is 0.459 e. The van der Waals surface area contributed by atoms with E-state index in [-0.39, 0.29) is 11.6 Å². The number of carbonyl (C=O) groups is 1. The van der Waals surface area contributed by atoms with E-state index >= 15 is 0 Å². The lowest BCUT2D eigenvalue weighted by atomic mass is 9.49. The van der Waals surface area contributed by atoms with E-state index in [1.54, 1.807) is 0 Å². The van der Waals surface area contributed by atoms with Crippen LogP contribution in [0.15, 0.2) is 0 Å². The average molecular weight is 328 g/mol. The Labute approximate surface area is 146 Å². The first-order valence-electron chi connectivity index (χ1n) is 10.8. The predicted octanol–water partition coefficient (Wildman–Crippen LogP) is 5.10. The summed E-state index contributed by atoms with van der Waals surface area (Å²) < 4.78 is 6.35. The fraction of sp³-hybridized carbons (Fsp3) is 0.955. The van der Waals surface area contributed by atoms with Crippen LogP contribution in [0, 0.1) is 40.9 Å². The molecule has 8 saturated carbocycles. The fourth-order valence-electron chi connectivity index (χ4n) is 9.25. The molecule has 8 fully saturated rings. The summed E-state index contributed by atoms with van der Waals surface area (Å²) in [6.45, 7) is 0. The first-order valence-corrected chi connectivity index (χ1v) is 10.8. The van der Waals surface area contributed by atoms with Gasteiger partial charge in [0.25, 0.3) is 0 Å². The molecule has 24 heavy (non-hydrogen) atoms. The number of rotatable bonds is 3. The van der Waals surface area contributed by atoms with Crippen molar-refractivity contribution in [2.75, 3.05) is 0 Å². The van der Waals surface area contributed by atoms with Crippen molar-refractivity contribution in [3.8, 4) is 0 Å². The molecule has 8 rings (SSSR count). The molecule has 0 spiro atoms. The summed E-state index contributed by atoms with van der Waals surface area (Å²) >= 11 is 0. The molecule has 8 bridgehead atoms.